The molecule has 0 spiro atoms. The molecule has 1 N–H and O–H groups in total. The number of aliphatic hydroxyl groups is 1. The quantitative estimate of drug-likeness (QED) is 0.713. The first-order valence-corrected chi connectivity index (χ1v) is 5.42. The molecule has 1 rings (SSSR count). The summed E-state index contributed by atoms with van der Waals surface area (Å²) < 4.78 is 5.68. The Balaban J connectivity index is 2.43. The fourth-order valence-electron chi connectivity index (χ4n) is 1.34. The maximum absolute atomic E-state index is 8.89. The van der Waals surface area contributed by atoms with Gasteiger partial charge in [-0.15, -0.1) is 0 Å². The van der Waals surface area contributed by atoms with Crippen molar-refractivity contribution in [3.63, 3.8) is 0 Å². The van der Waals surface area contributed by atoms with Gasteiger partial charge >= 0.3 is 0 Å². The summed E-state index contributed by atoms with van der Waals surface area (Å²) in [7, 11) is 0. The minimum atomic E-state index is -0.0526. The average molecular weight is 218 g/mol. The molecule has 0 saturated carbocycles. The van der Waals surface area contributed by atoms with Crippen LogP contribution in [-0.4, -0.2) is 17.8 Å². The van der Waals surface area contributed by atoms with Gasteiger partial charge in [-0.05, 0) is 5.56 Å². The number of benzene rings is 1. The van der Waals surface area contributed by atoms with Crippen molar-refractivity contribution in [3.05, 3.63) is 60.7 Å². The highest BCUT2D eigenvalue weighted by molar-refractivity contribution is 5.13. The van der Waals surface area contributed by atoms with E-state index < -0.39 is 0 Å². The summed E-state index contributed by atoms with van der Waals surface area (Å²) in [5, 5.41) is 8.89. The van der Waals surface area contributed by atoms with Crippen molar-refractivity contribution in [2.75, 3.05) is 6.61 Å². The van der Waals surface area contributed by atoms with E-state index in [1.54, 1.807) is 6.08 Å². The molecule has 0 fully saturated rings. The Labute approximate surface area is 96.9 Å². The number of hydrogen-bond acceptors (Lipinski definition) is 2. The zero-order chi connectivity index (χ0) is 11.6. The Kier molecular flexibility index (Phi) is 6.23. The molecule has 1 atom stereocenters. The molecule has 86 valence electrons. The minimum Gasteiger partial charge on any atom is -0.396 e. The van der Waals surface area contributed by atoms with Gasteiger partial charge in [0.05, 0.1) is 12.7 Å². The molecule has 16 heavy (non-hydrogen) atoms. The van der Waals surface area contributed by atoms with Gasteiger partial charge in [0.1, 0.15) is 0 Å². The highest BCUT2D eigenvalue weighted by atomic mass is 16.5. The average Bonchev–Trinajstić information content (AvgIpc) is 2.34. The number of rotatable bonds is 7. The van der Waals surface area contributed by atoms with Crippen LogP contribution in [0.4, 0.5) is 0 Å². The maximum atomic E-state index is 8.89. The van der Waals surface area contributed by atoms with E-state index in [-0.39, 0.29) is 12.7 Å². The second-order valence-corrected chi connectivity index (χ2v) is 3.47. The third-order valence-electron chi connectivity index (χ3n) is 2.18. The predicted octanol–water partition coefficient (Wildman–Crippen LogP) is 2.70. The summed E-state index contributed by atoms with van der Waals surface area (Å²) in [5.41, 5.74) is 1.14. The van der Waals surface area contributed by atoms with E-state index in [9.17, 15) is 0 Å². The molecule has 0 aromatic heterocycles. The Bertz CT molecular complexity index is 317. The van der Waals surface area contributed by atoms with Gasteiger partial charge in [0, 0.05) is 13.0 Å². The first kappa shape index (κ1) is 12.7. The molecule has 0 aliphatic heterocycles. The van der Waals surface area contributed by atoms with Crippen LogP contribution in [0.5, 0.6) is 0 Å². The monoisotopic (exact) mass is 218 g/mol. The lowest BCUT2D eigenvalue weighted by molar-refractivity contribution is 0.0544. The van der Waals surface area contributed by atoms with Crippen LogP contribution in [-0.2, 0) is 11.3 Å². The van der Waals surface area contributed by atoms with Gasteiger partial charge in [0.2, 0.25) is 0 Å². The summed E-state index contributed by atoms with van der Waals surface area (Å²) >= 11 is 0. The Morgan fingerprint density at radius 2 is 2.06 bits per heavy atom. The van der Waals surface area contributed by atoms with E-state index in [2.05, 4.69) is 6.58 Å². The third kappa shape index (κ3) is 4.91. The van der Waals surface area contributed by atoms with Gasteiger partial charge in [0.15, 0.2) is 0 Å². The number of aliphatic hydroxyl groups excluding tert-OH is 1. The molecule has 1 aromatic rings. The number of hydrogen-bond donors (Lipinski definition) is 1. The fourth-order valence-corrected chi connectivity index (χ4v) is 1.34. The Morgan fingerprint density at radius 1 is 1.31 bits per heavy atom. The summed E-state index contributed by atoms with van der Waals surface area (Å²) in [5.74, 6) is 0. The summed E-state index contributed by atoms with van der Waals surface area (Å²) in [6, 6.07) is 9.99. The van der Waals surface area contributed by atoms with Crippen LogP contribution >= 0.6 is 0 Å². The van der Waals surface area contributed by atoms with Crippen molar-refractivity contribution in [2.24, 2.45) is 0 Å². The van der Waals surface area contributed by atoms with Crippen LogP contribution < -0.4 is 0 Å². The Morgan fingerprint density at radius 3 is 2.69 bits per heavy atom. The smallest absolute Gasteiger partial charge is 0.0785 e. The summed E-state index contributed by atoms with van der Waals surface area (Å²) in [6.07, 6.45) is 6.01. The van der Waals surface area contributed by atoms with Crippen molar-refractivity contribution in [1.29, 1.82) is 0 Å². The molecule has 0 saturated heterocycles. The fraction of sp³-hybridized carbons (Fsp3) is 0.286. The molecular formula is C14H18O2. The van der Waals surface area contributed by atoms with E-state index in [1.165, 1.54) is 0 Å². The molecule has 2 heteroatoms. The molecule has 0 aliphatic carbocycles. The van der Waals surface area contributed by atoms with Crippen LogP contribution in [0, 0.1) is 0 Å². The van der Waals surface area contributed by atoms with Crippen LogP contribution in [0.3, 0.4) is 0 Å². The molecule has 0 radical (unpaired) electrons. The van der Waals surface area contributed by atoms with Crippen molar-refractivity contribution < 1.29 is 9.84 Å². The molecular weight excluding hydrogens is 200 g/mol. The summed E-state index contributed by atoms with van der Waals surface area (Å²) in [4.78, 5) is 0. The van der Waals surface area contributed by atoms with Crippen LogP contribution in [0.1, 0.15) is 12.0 Å². The lowest BCUT2D eigenvalue weighted by atomic mass is 10.2. The molecule has 0 unspecified atom stereocenters. The summed E-state index contributed by atoms with van der Waals surface area (Å²) in [6.45, 7) is 4.29. The zero-order valence-corrected chi connectivity index (χ0v) is 9.38. The van der Waals surface area contributed by atoms with Crippen LogP contribution in [0.2, 0.25) is 0 Å². The van der Waals surface area contributed by atoms with Crippen molar-refractivity contribution in [3.8, 4) is 0 Å². The normalized spacial score (nSPS) is 12.8. The minimum absolute atomic E-state index is 0.0526. The lowest BCUT2D eigenvalue weighted by Crippen LogP contribution is -2.11. The van der Waals surface area contributed by atoms with Crippen LogP contribution in [0.15, 0.2) is 55.1 Å². The first-order chi connectivity index (χ1) is 7.86. The molecule has 2 nitrogen and oxygen atoms in total. The zero-order valence-electron chi connectivity index (χ0n) is 9.38. The molecule has 0 bridgehead atoms. The van der Waals surface area contributed by atoms with Gasteiger partial charge < -0.3 is 9.84 Å². The van der Waals surface area contributed by atoms with Gasteiger partial charge in [0.25, 0.3) is 0 Å². The van der Waals surface area contributed by atoms with E-state index in [0.29, 0.717) is 13.0 Å². The number of allylic oxidation sites excluding steroid dienone is 2. The van der Waals surface area contributed by atoms with Gasteiger partial charge in [-0.25, -0.2) is 0 Å². The highest BCUT2D eigenvalue weighted by Gasteiger charge is 2.03. The van der Waals surface area contributed by atoms with Crippen molar-refractivity contribution in [1.82, 2.24) is 0 Å². The predicted molar refractivity (Wildman–Crippen MR) is 66.1 cm³/mol. The Hall–Kier alpha value is -1.38. The lowest BCUT2D eigenvalue weighted by Gasteiger charge is -2.12. The third-order valence-corrected chi connectivity index (χ3v) is 2.18. The first-order valence-electron chi connectivity index (χ1n) is 5.42. The number of ether oxygens (including phenoxy) is 1. The topological polar surface area (TPSA) is 29.5 Å². The largest absolute Gasteiger partial charge is 0.396 e. The maximum Gasteiger partial charge on any atom is 0.0785 e. The second kappa shape index (κ2) is 7.85. The van der Waals surface area contributed by atoms with E-state index in [4.69, 9.17) is 9.84 Å². The van der Waals surface area contributed by atoms with Gasteiger partial charge in [-0.2, -0.15) is 0 Å². The second-order valence-electron chi connectivity index (χ2n) is 3.47. The van der Waals surface area contributed by atoms with Gasteiger partial charge in [-0.1, -0.05) is 55.1 Å². The van der Waals surface area contributed by atoms with E-state index in [0.717, 1.165) is 5.56 Å². The standard InChI is InChI=1S/C14H18O2/c1-2-3-9-14(10-11-15)16-12-13-7-5-4-6-8-13/h2-9,14-15H,1,10-12H2/b9-3-/t14-/m0/s1. The molecule has 0 amide bonds. The van der Waals surface area contributed by atoms with Crippen LogP contribution in [0.25, 0.3) is 0 Å². The van der Waals surface area contributed by atoms with Crippen molar-refractivity contribution in [2.45, 2.75) is 19.1 Å². The highest BCUT2D eigenvalue weighted by Crippen LogP contribution is 2.07. The molecule has 0 heterocycles. The SMILES string of the molecule is C=C/C=C\[C@@H](CCO)OCc1ccccc1. The van der Waals surface area contributed by atoms with Gasteiger partial charge in [-0.3, -0.25) is 0 Å². The van der Waals surface area contributed by atoms with E-state index >= 15 is 0 Å². The molecule has 1 aromatic carbocycles. The molecule has 0 aliphatic rings. The van der Waals surface area contributed by atoms with E-state index in [1.807, 2.05) is 42.5 Å². The van der Waals surface area contributed by atoms with Crippen molar-refractivity contribution >= 4 is 0 Å².